The third kappa shape index (κ3) is 4.88. The Morgan fingerprint density at radius 3 is 1.81 bits per heavy atom. The third-order valence-electron chi connectivity index (χ3n) is 10.8. The van der Waals surface area contributed by atoms with E-state index in [9.17, 15) is 0 Å². The normalized spacial score (nSPS) is 13.6. The van der Waals surface area contributed by atoms with Gasteiger partial charge in [0.25, 0.3) is 0 Å². The molecular weight excluding hydrogens is 649 g/mol. The van der Waals surface area contributed by atoms with Crippen molar-refractivity contribution in [2.75, 3.05) is 9.80 Å². The first-order valence-electron chi connectivity index (χ1n) is 17.9. The van der Waals surface area contributed by atoms with Gasteiger partial charge in [0.15, 0.2) is 0 Å². The molecule has 0 radical (unpaired) electrons. The van der Waals surface area contributed by atoms with Gasteiger partial charge in [0.1, 0.15) is 0 Å². The molecule has 1 heterocycles. The van der Waals surface area contributed by atoms with Gasteiger partial charge >= 0.3 is 0 Å². The molecule has 52 heavy (non-hydrogen) atoms. The van der Waals surface area contributed by atoms with Crippen molar-refractivity contribution in [2.24, 2.45) is 0 Å². The standard InChI is InChI=1S/C49H36N2S/c1-49(2)42-31-37(50(44-20-12-16-35-15-6-7-17-39(35)44)36-25-23-34(24-26-36)33-13-4-3-5-14-33)27-29-40(42)41-30-28-38(32-43(41)49)51-45-18-8-10-21-47(45)52-48-22-11-9-19-46(48)51/h3-32H,1-2H3. The van der Waals surface area contributed by atoms with Crippen molar-refractivity contribution in [3.8, 4) is 22.3 Å². The maximum atomic E-state index is 2.44. The Kier molecular flexibility index (Phi) is 7.12. The number of fused-ring (bicyclic) bond motifs is 6. The van der Waals surface area contributed by atoms with E-state index >= 15 is 0 Å². The minimum absolute atomic E-state index is 0.206. The highest BCUT2D eigenvalue weighted by molar-refractivity contribution is 7.99. The summed E-state index contributed by atoms with van der Waals surface area (Å²) >= 11 is 1.85. The van der Waals surface area contributed by atoms with E-state index < -0.39 is 0 Å². The van der Waals surface area contributed by atoms with Crippen LogP contribution < -0.4 is 9.80 Å². The lowest BCUT2D eigenvalue weighted by atomic mass is 9.82. The fourth-order valence-electron chi connectivity index (χ4n) is 8.24. The fourth-order valence-corrected chi connectivity index (χ4v) is 9.30. The second-order valence-corrected chi connectivity index (χ2v) is 15.3. The second kappa shape index (κ2) is 12.0. The lowest BCUT2D eigenvalue weighted by Gasteiger charge is -2.33. The van der Waals surface area contributed by atoms with Crippen LogP contribution in [0.15, 0.2) is 192 Å². The molecule has 0 fully saturated rings. The van der Waals surface area contributed by atoms with Gasteiger partial charge in [0, 0.05) is 37.7 Å². The lowest BCUT2D eigenvalue weighted by Crippen LogP contribution is -2.18. The van der Waals surface area contributed by atoms with E-state index in [1.807, 2.05) is 11.8 Å². The Balaban J connectivity index is 1.10. The Hall–Kier alpha value is -6.03. The van der Waals surface area contributed by atoms with Crippen molar-refractivity contribution >= 4 is 56.7 Å². The number of hydrogen-bond donors (Lipinski definition) is 0. The molecule has 0 amide bonds. The van der Waals surface area contributed by atoms with E-state index in [1.165, 1.54) is 76.7 Å². The summed E-state index contributed by atoms with van der Waals surface area (Å²) < 4.78 is 0. The summed E-state index contributed by atoms with van der Waals surface area (Å²) in [6.07, 6.45) is 0. The van der Waals surface area contributed by atoms with E-state index in [1.54, 1.807) is 0 Å². The molecule has 1 aliphatic carbocycles. The molecule has 8 aromatic rings. The summed E-state index contributed by atoms with van der Waals surface area (Å²) in [5, 5.41) is 2.46. The Bertz CT molecular complexity index is 2590. The molecule has 0 N–H and O–H groups in total. The molecule has 10 rings (SSSR count). The summed E-state index contributed by atoms with van der Waals surface area (Å²) in [5.41, 5.74) is 14.6. The lowest BCUT2D eigenvalue weighted by molar-refractivity contribution is 0.660. The van der Waals surface area contributed by atoms with Crippen molar-refractivity contribution in [1.29, 1.82) is 0 Å². The zero-order valence-electron chi connectivity index (χ0n) is 29.1. The zero-order chi connectivity index (χ0) is 34.8. The molecule has 0 saturated carbocycles. The van der Waals surface area contributed by atoms with Gasteiger partial charge in [-0.25, -0.2) is 0 Å². The van der Waals surface area contributed by atoms with Crippen LogP contribution in [-0.4, -0.2) is 0 Å². The Morgan fingerprint density at radius 2 is 1.06 bits per heavy atom. The van der Waals surface area contributed by atoms with Gasteiger partial charge in [0.2, 0.25) is 0 Å². The van der Waals surface area contributed by atoms with Crippen LogP contribution in [0.1, 0.15) is 25.0 Å². The third-order valence-corrected chi connectivity index (χ3v) is 12.0. The van der Waals surface area contributed by atoms with Crippen LogP contribution in [0.4, 0.5) is 34.1 Å². The van der Waals surface area contributed by atoms with Crippen molar-refractivity contribution in [1.82, 2.24) is 0 Å². The monoisotopic (exact) mass is 684 g/mol. The highest BCUT2D eigenvalue weighted by Crippen LogP contribution is 2.55. The number of para-hydroxylation sites is 2. The molecule has 0 spiro atoms. The number of anilines is 6. The molecule has 0 aromatic heterocycles. The molecule has 8 aromatic carbocycles. The molecule has 248 valence electrons. The van der Waals surface area contributed by atoms with E-state index in [4.69, 9.17) is 0 Å². The number of hydrogen-bond acceptors (Lipinski definition) is 3. The summed E-state index contributed by atoms with van der Waals surface area (Å²) in [6, 6.07) is 66.6. The number of nitrogens with zero attached hydrogens (tertiary/aromatic N) is 2. The van der Waals surface area contributed by atoms with Crippen molar-refractivity contribution in [2.45, 2.75) is 29.1 Å². The summed E-state index contributed by atoms with van der Waals surface area (Å²) in [6.45, 7) is 4.77. The Labute approximate surface area is 309 Å². The first-order valence-corrected chi connectivity index (χ1v) is 18.8. The summed E-state index contributed by atoms with van der Waals surface area (Å²) in [7, 11) is 0. The van der Waals surface area contributed by atoms with Crippen LogP contribution in [0.3, 0.4) is 0 Å². The molecule has 0 bridgehead atoms. The zero-order valence-corrected chi connectivity index (χ0v) is 29.9. The van der Waals surface area contributed by atoms with E-state index in [2.05, 4.69) is 206 Å². The van der Waals surface area contributed by atoms with Crippen LogP contribution in [0.2, 0.25) is 0 Å². The van der Waals surface area contributed by atoms with E-state index in [0.29, 0.717) is 0 Å². The minimum atomic E-state index is -0.206. The van der Waals surface area contributed by atoms with Gasteiger partial charge < -0.3 is 9.80 Å². The topological polar surface area (TPSA) is 6.48 Å². The van der Waals surface area contributed by atoms with Gasteiger partial charge in [0.05, 0.1) is 17.1 Å². The fraction of sp³-hybridized carbons (Fsp3) is 0.0612. The highest BCUT2D eigenvalue weighted by atomic mass is 32.2. The summed E-state index contributed by atoms with van der Waals surface area (Å²) in [5.74, 6) is 0. The molecule has 0 unspecified atom stereocenters. The number of benzene rings is 8. The van der Waals surface area contributed by atoms with Crippen LogP contribution >= 0.6 is 11.8 Å². The average molecular weight is 685 g/mol. The van der Waals surface area contributed by atoms with Crippen LogP contribution in [0.25, 0.3) is 33.0 Å². The van der Waals surface area contributed by atoms with Crippen LogP contribution in [0, 0.1) is 0 Å². The number of rotatable bonds is 5. The molecule has 1 aliphatic heterocycles. The van der Waals surface area contributed by atoms with Gasteiger partial charge in [-0.2, -0.15) is 0 Å². The average Bonchev–Trinajstić information content (AvgIpc) is 3.42. The van der Waals surface area contributed by atoms with Crippen molar-refractivity contribution in [3.63, 3.8) is 0 Å². The van der Waals surface area contributed by atoms with Gasteiger partial charge in [-0.1, -0.05) is 141 Å². The van der Waals surface area contributed by atoms with Crippen molar-refractivity contribution < 1.29 is 0 Å². The van der Waals surface area contributed by atoms with Crippen LogP contribution in [0.5, 0.6) is 0 Å². The first-order chi connectivity index (χ1) is 25.5. The van der Waals surface area contributed by atoms with E-state index in [0.717, 1.165) is 11.4 Å². The van der Waals surface area contributed by atoms with Gasteiger partial charge in [-0.3, -0.25) is 0 Å². The maximum Gasteiger partial charge on any atom is 0.0601 e. The minimum Gasteiger partial charge on any atom is -0.310 e. The molecule has 3 heteroatoms. The first kappa shape index (κ1) is 30.8. The predicted octanol–water partition coefficient (Wildman–Crippen LogP) is 14.2. The quantitative estimate of drug-likeness (QED) is 0.178. The molecule has 0 atom stereocenters. The molecule has 2 aliphatic rings. The predicted molar refractivity (Wildman–Crippen MR) is 220 cm³/mol. The molecule has 0 saturated heterocycles. The van der Waals surface area contributed by atoms with E-state index in [-0.39, 0.29) is 5.41 Å². The van der Waals surface area contributed by atoms with Gasteiger partial charge in [-0.05, 0) is 105 Å². The van der Waals surface area contributed by atoms with Crippen molar-refractivity contribution in [3.05, 3.63) is 193 Å². The highest BCUT2D eigenvalue weighted by Gasteiger charge is 2.37. The maximum absolute atomic E-state index is 2.44. The molecule has 2 nitrogen and oxygen atoms in total. The summed E-state index contributed by atoms with van der Waals surface area (Å²) in [4.78, 5) is 7.42. The second-order valence-electron chi connectivity index (χ2n) is 14.2. The van der Waals surface area contributed by atoms with Crippen LogP contribution in [-0.2, 0) is 5.41 Å². The molecular formula is C49H36N2S. The SMILES string of the molecule is CC1(C)c2cc(N3c4ccccc4Sc4ccccc43)ccc2-c2ccc(N(c3ccc(-c4ccccc4)cc3)c3cccc4ccccc34)cc21. The Morgan fingerprint density at radius 1 is 0.481 bits per heavy atom. The largest absolute Gasteiger partial charge is 0.310 e. The van der Waals surface area contributed by atoms with Gasteiger partial charge in [-0.15, -0.1) is 0 Å². The smallest absolute Gasteiger partial charge is 0.0601 e.